The van der Waals surface area contributed by atoms with Crippen LogP contribution in [0.15, 0.2) is 36.4 Å². The quantitative estimate of drug-likeness (QED) is 0.501. The molecule has 9 heteroatoms. The third kappa shape index (κ3) is 7.46. The predicted molar refractivity (Wildman–Crippen MR) is 140 cm³/mol. The molecule has 0 aliphatic carbocycles. The molecule has 196 valence electrons. The first-order valence-electron chi connectivity index (χ1n) is 13.0. The lowest BCUT2D eigenvalue weighted by Crippen LogP contribution is -2.47. The van der Waals surface area contributed by atoms with Crippen LogP contribution in [0, 0.1) is 11.7 Å². The topological polar surface area (TPSA) is 72.9 Å². The normalized spacial score (nSPS) is 14.3. The zero-order chi connectivity index (χ0) is 26.1. The van der Waals surface area contributed by atoms with Gasteiger partial charge >= 0.3 is 0 Å². The molecule has 1 aromatic carbocycles. The predicted octanol–water partition coefficient (Wildman–Crippen LogP) is 3.15. The Balaban J connectivity index is 1.59. The molecule has 0 saturated carbocycles. The molecule has 8 nitrogen and oxygen atoms in total. The molecule has 2 amide bonds. The maximum atomic E-state index is 13.2. The second-order valence-corrected chi connectivity index (χ2v) is 9.45. The highest BCUT2D eigenvalue weighted by Gasteiger charge is 2.25. The average Bonchev–Trinajstić information content (AvgIpc) is 3.15. The maximum Gasteiger partial charge on any atom is 0.242 e. The number of benzene rings is 1. The number of nitrogens with zero attached hydrogens (tertiary/aromatic N) is 6. The summed E-state index contributed by atoms with van der Waals surface area (Å²) in [5.74, 6) is 0.329. The van der Waals surface area contributed by atoms with Crippen LogP contribution in [0.25, 0.3) is 11.3 Å². The van der Waals surface area contributed by atoms with Gasteiger partial charge in [-0.25, -0.2) is 4.39 Å². The fourth-order valence-corrected chi connectivity index (χ4v) is 4.36. The number of hydrogen-bond donors (Lipinski definition) is 0. The lowest BCUT2D eigenvalue weighted by molar-refractivity contribution is -0.142. The van der Waals surface area contributed by atoms with Crippen molar-refractivity contribution in [3.05, 3.63) is 42.2 Å². The Bertz CT molecular complexity index is 979. The molecular weight excluding hydrogens is 459 g/mol. The lowest BCUT2D eigenvalue weighted by Gasteiger charge is -2.30. The van der Waals surface area contributed by atoms with E-state index in [0.717, 1.165) is 44.0 Å². The van der Waals surface area contributed by atoms with E-state index in [-0.39, 0.29) is 30.1 Å². The highest BCUT2D eigenvalue weighted by atomic mass is 19.1. The van der Waals surface area contributed by atoms with Crippen molar-refractivity contribution in [2.75, 3.05) is 63.8 Å². The number of amides is 2. The molecule has 36 heavy (non-hydrogen) atoms. The zero-order valence-corrected chi connectivity index (χ0v) is 22.0. The highest BCUT2D eigenvalue weighted by molar-refractivity contribution is 5.85. The molecule has 1 aliphatic heterocycles. The van der Waals surface area contributed by atoms with Gasteiger partial charge in [0.2, 0.25) is 11.8 Å². The standard InChI is InChI=1S/C27H39FN6O2/c1-5-31(6-2)16-17-34(27(36)21(3)4)20-26(35)33-15-7-14-32(18-19-33)25-13-12-24(29-30-25)22-8-10-23(28)11-9-22/h8-13,21H,5-7,14-20H2,1-4H3. The van der Waals surface area contributed by atoms with Gasteiger partial charge in [-0.1, -0.05) is 27.7 Å². The van der Waals surface area contributed by atoms with Crippen LogP contribution < -0.4 is 4.90 Å². The molecule has 3 rings (SSSR count). The molecule has 2 heterocycles. The van der Waals surface area contributed by atoms with Gasteiger partial charge in [-0.05, 0) is 55.9 Å². The molecule has 0 radical (unpaired) electrons. The maximum absolute atomic E-state index is 13.2. The van der Waals surface area contributed by atoms with Crippen molar-refractivity contribution in [2.45, 2.75) is 34.1 Å². The molecule has 2 aromatic rings. The number of halogens is 1. The number of carbonyl (C=O) groups excluding carboxylic acids is 2. The number of likely N-dealkylation sites (N-methyl/N-ethyl adjacent to an activating group) is 1. The Kier molecular flexibility index (Phi) is 10.2. The minimum Gasteiger partial charge on any atom is -0.353 e. The van der Waals surface area contributed by atoms with Crippen molar-refractivity contribution in [3.63, 3.8) is 0 Å². The summed E-state index contributed by atoms with van der Waals surface area (Å²) in [7, 11) is 0. The van der Waals surface area contributed by atoms with Crippen molar-refractivity contribution in [1.29, 1.82) is 0 Å². The first kappa shape index (κ1) is 27.5. The number of carbonyl (C=O) groups is 2. The molecule has 1 fully saturated rings. The molecule has 0 atom stereocenters. The third-order valence-corrected chi connectivity index (χ3v) is 6.68. The van der Waals surface area contributed by atoms with Gasteiger partial charge in [-0.15, -0.1) is 10.2 Å². The molecule has 1 aliphatic rings. The smallest absolute Gasteiger partial charge is 0.242 e. The fraction of sp³-hybridized carbons (Fsp3) is 0.556. The Morgan fingerprint density at radius 1 is 0.944 bits per heavy atom. The van der Waals surface area contributed by atoms with Gasteiger partial charge in [0, 0.05) is 50.7 Å². The lowest BCUT2D eigenvalue weighted by atomic mass is 10.1. The summed E-state index contributed by atoms with van der Waals surface area (Å²) >= 11 is 0. The van der Waals surface area contributed by atoms with E-state index in [4.69, 9.17) is 0 Å². The third-order valence-electron chi connectivity index (χ3n) is 6.68. The molecular formula is C27H39FN6O2. The van der Waals surface area contributed by atoms with Gasteiger partial charge in [0.15, 0.2) is 5.82 Å². The van der Waals surface area contributed by atoms with Gasteiger partial charge in [-0.2, -0.15) is 0 Å². The van der Waals surface area contributed by atoms with Gasteiger partial charge < -0.3 is 19.6 Å². The molecule has 1 saturated heterocycles. The van der Waals surface area contributed by atoms with E-state index >= 15 is 0 Å². The first-order chi connectivity index (χ1) is 17.3. The molecule has 0 spiro atoms. The minimum atomic E-state index is -0.285. The molecule has 0 N–H and O–H groups in total. The van der Waals surface area contributed by atoms with E-state index in [1.54, 1.807) is 17.0 Å². The van der Waals surface area contributed by atoms with Crippen LogP contribution in [0.1, 0.15) is 34.1 Å². The van der Waals surface area contributed by atoms with Crippen LogP contribution in [0.2, 0.25) is 0 Å². The van der Waals surface area contributed by atoms with Crippen molar-refractivity contribution in [1.82, 2.24) is 24.9 Å². The molecule has 1 aromatic heterocycles. The summed E-state index contributed by atoms with van der Waals surface area (Å²) in [6.45, 7) is 13.9. The average molecular weight is 499 g/mol. The van der Waals surface area contributed by atoms with E-state index in [1.165, 1.54) is 12.1 Å². The second-order valence-electron chi connectivity index (χ2n) is 9.45. The van der Waals surface area contributed by atoms with Gasteiger partial charge in [0.05, 0.1) is 12.2 Å². The van der Waals surface area contributed by atoms with Gasteiger partial charge in [0.25, 0.3) is 0 Å². The van der Waals surface area contributed by atoms with Crippen LogP contribution in [0.4, 0.5) is 10.2 Å². The van der Waals surface area contributed by atoms with Crippen molar-refractivity contribution < 1.29 is 14.0 Å². The fourth-order valence-electron chi connectivity index (χ4n) is 4.36. The number of hydrogen-bond acceptors (Lipinski definition) is 6. The summed E-state index contributed by atoms with van der Waals surface area (Å²) in [5.41, 5.74) is 1.49. The number of rotatable bonds is 10. The Morgan fingerprint density at radius 3 is 2.28 bits per heavy atom. The van der Waals surface area contributed by atoms with E-state index < -0.39 is 0 Å². The summed E-state index contributed by atoms with van der Waals surface area (Å²) in [4.78, 5) is 34.0. The zero-order valence-electron chi connectivity index (χ0n) is 22.0. The van der Waals surface area contributed by atoms with Crippen LogP contribution in [0.3, 0.4) is 0 Å². The van der Waals surface area contributed by atoms with Crippen LogP contribution in [-0.2, 0) is 9.59 Å². The minimum absolute atomic E-state index is 0.0110. The SMILES string of the molecule is CCN(CC)CCN(CC(=O)N1CCCN(c2ccc(-c3ccc(F)cc3)nn2)CC1)C(=O)C(C)C. The highest BCUT2D eigenvalue weighted by Crippen LogP contribution is 2.20. The monoisotopic (exact) mass is 498 g/mol. The summed E-state index contributed by atoms with van der Waals surface area (Å²) in [6, 6.07) is 9.98. The Labute approximate surface area is 214 Å². The summed E-state index contributed by atoms with van der Waals surface area (Å²) in [6.07, 6.45) is 0.810. The first-order valence-corrected chi connectivity index (χ1v) is 13.0. The Hall–Kier alpha value is -3.07. The Morgan fingerprint density at radius 2 is 1.67 bits per heavy atom. The largest absolute Gasteiger partial charge is 0.353 e. The van der Waals surface area contributed by atoms with Crippen LogP contribution in [-0.4, -0.2) is 95.6 Å². The van der Waals surface area contributed by atoms with E-state index in [0.29, 0.717) is 31.9 Å². The van der Waals surface area contributed by atoms with Crippen LogP contribution in [0.5, 0.6) is 0 Å². The van der Waals surface area contributed by atoms with Gasteiger partial charge in [-0.3, -0.25) is 9.59 Å². The van der Waals surface area contributed by atoms with Gasteiger partial charge in [0.1, 0.15) is 5.82 Å². The number of anilines is 1. The van der Waals surface area contributed by atoms with E-state index in [9.17, 15) is 14.0 Å². The van der Waals surface area contributed by atoms with E-state index in [1.807, 2.05) is 30.9 Å². The van der Waals surface area contributed by atoms with Crippen molar-refractivity contribution in [2.24, 2.45) is 5.92 Å². The van der Waals surface area contributed by atoms with Crippen molar-refractivity contribution in [3.8, 4) is 11.3 Å². The molecule has 0 bridgehead atoms. The second kappa shape index (κ2) is 13.3. The summed E-state index contributed by atoms with van der Waals surface area (Å²) < 4.78 is 13.2. The summed E-state index contributed by atoms with van der Waals surface area (Å²) in [5, 5.41) is 8.70. The van der Waals surface area contributed by atoms with E-state index in [2.05, 4.69) is 33.8 Å². The number of aromatic nitrogens is 2. The van der Waals surface area contributed by atoms with Crippen molar-refractivity contribution >= 4 is 17.6 Å². The van der Waals surface area contributed by atoms with Crippen LogP contribution >= 0.6 is 0 Å². The molecule has 0 unspecified atom stereocenters.